The van der Waals surface area contributed by atoms with Crippen molar-refractivity contribution in [2.45, 2.75) is 45.6 Å². The Kier molecular flexibility index (Phi) is 9.16. The highest BCUT2D eigenvalue weighted by atomic mass is 16.5. The Morgan fingerprint density at radius 2 is 1.86 bits per heavy atom. The molecule has 0 radical (unpaired) electrons. The number of hydrogen-bond donors (Lipinski definition) is 1. The van der Waals surface area contributed by atoms with Crippen LogP contribution in [-0.4, -0.2) is 48.3 Å². The number of carbonyl (C=O) groups is 2. The SMILES string of the molecule is CCCN(CCC)C(=O)C1=CC2=CC=C(c3ccc(OCC(=O)N=O)cc3)CC2N=C(N=NN)C1. The lowest BCUT2D eigenvalue weighted by molar-refractivity contribution is -0.127. The summed E-state index contributed by atoms with van der Waals surface area (Å²) < 4.78 is 5.26. The predicted molar refractivity (Wildman–Crippen MR) is 134 cm³/mol. The zero-order chi connectivity index (χ0) is 25.2. The quantitative estimate of drug-likeness (QED) is 0.246. The van der Waals surface area contributed by atoms with Crippen LogP contribution in [0.2, 0.25) is 0 Å². The van der Waals surface area contributed by atoms with E-state index in [1.54, 1.807) is 12.1 Å². The Morgan fingerprint density at radius 1 is 1.14 bits per heavy atom. The lowest BCUT2D eigenvalue weighted by Crippen LogP contribution is -2.34. The molecule has 0 aromatic heterocycles. The van der Waals surface area contributed by atoms with Crippen LogP contribution in [0, 0.1) is 4.91 Å². The minimum absolute atomic E-state index is 0.0104. The average molecular weight is 479 g/mol. The third kappa shape index (κ3) is 6.78. The van der Waals surface area contributed by atoms with E-state index in [4.69, 9.17) is 15.6 Å². The van der Waals surface area contributed by atoms with Gasteiger partial charge < -0.3 is 15.5 Å². The van der Waals surface area contributed by atoms with Gasteiger partial charge in [-0.2, -0.15) is 0 Å². The summed E-state index contributed by atoms with van der Waals surface area (Å²) in [4.78, 5) is 41.1. The van der Waals surface area contributed by atoms with E-state index in [-0.39, 0.29) is 18.4 Å². The maximum Gasteiger partial charge on any atom is 0.323 e. The van der Waals surface area contributed by atoms with Gasteiger partial charge in [0.05, 0.1) is 6.04 Å². The Morgan fingerprint density at radius 3 is 2.49 bits per heavy atom. The molecule has 0 saturated heterocycles. The molecular formula is C25H30N6O4. The number of carbonyl (C=O) groups excluding carboxylic acids is 2. The number of benzene rings is 1. The van der Waals surface area contributed by atoms with E-state index in [9.17, 15) is 14.5 Å². The first-order valence-electron chi connectivity index (χ1n) is 11.7. The van der Waals surface area contributed by atoms with E-state index in [0.29, 0.717) is 36.7 Å². The monoisotopic (exact) mass is 478 g/mol. The van der Waals surface area contributed by atoms with Crippen molar-refractivity contribution >= 4 is 23.2 Å². The molecule has 0 fully saturated rings. The molecule has 2 aliphatic rings. The van der Waals surface area contributed by atoms with Crippen LogP contribution in [0.3, 0.4) is 0 Å². The molecule has 184 valence electrons. The first-order valence-corrected chi connectivity index (χ1v) is 11.7. The number of hydrogen-bond acceptors (Lipinski definition) is 7. The summed E-state index contributed by atoms with van der Waals surface area (Å²) in [6.07, 6.45) is 8.56. The van der Waals surface area contributed by atoms with E-state index in [2.05, 4.69) is 29.4 Å². The molecule has 2 amide bonds. The molecule has 1 aromatic rings. The summed E-state index contributed by atoms with van der Waals surface area (Å²) in [5.74, 6) is 5.33. The van der Waals surface area contributed by atoms with E-state index in [1.165, 1.54) is 0 Å². The molecule has 10 heteroatoms. The van der Waals surface area contributed by atoms with Crippen LogP contribution >= 0.6 is 0 Å². The van der Waals surface area contributed by atoms with Crippen molar-refractivity contribution in [2.75, 3.05) is 19.7 Å². The van der Waals surface area contributed by atoms with E-state index in [0.717, 1.165) is 29.6 Å². The number of fused-ring (bicyclic) bond motifs is 1. The molecule has 1 atom stereocenters. The number of nitroso groups, excluding NO2 is 1. The highest BCUT2D eigenvalue weighted by Crippen LogP contribution is 2.33. The number of amidine groups is 1. The van der Waals surface area contributed by atoms with Gasteiger partial charge in [-0.05, 0) is 54.2 Å². The molecule has 0 bridgehead atoms. The minimum Gasteiger partial charge on any atom is -0.484 e. The summed E-state index contributed by atoms with van der Waals surface area (Å²) in [7, 11) is 0. The maximum absolute atomic E-state index is 13.3. The van der Waals surface area contributed by atoms with Gasteiger partial charge in [-0.1, -0.05) is 43.4 Å². The van der Waals surface area contributed by atoms with Gasteiger partial charge in [-0.25, -0.2) is 0 Å². The van der Waals surface area contributed by atoms with Gasteiger partial charge in [0, 0.05) is 30.3 Å². The highest BCUT2D eigenvalue weighted by Gasteiger charge is 2.27. The summed E-state index contributed by atoms with van der Waals surface area (Å²) >= 11 is 0. The lowest BCUT2D eigenvalue weighted by Gasteiger charge is -2.23. The van der Waals surface area contributed by atoms with Crippen LogP contribution in [0.4, 0.5) is 0 Å². The van der Waals surface area contributed by atoms with Gasteiger partial charge in [-0.3, -0.25) is 14.6 Å². The summed E-state index contributed by atoms with van der Waals surface area (Å²) in [5.41, 5.74) is 3.58. The summed E-state index contributed by atoms with van der Waals surface area (Å²) in [6.45, 7) is 5.11. The minimum atomic E-state index is -0.864. The normalized spacial score (nSPS) is 17.4. The molecule has 0 spiro atoms. The van der Waals surface area contributed by atoms with Gasteiger partial charge in [-0.15, -0.1) is 10.0 Å². The molecule has 1 aromatic carbocycles. The maximum atomic E-state index is 13.3. The number of nitrogens with zero attached hydrogens (tertiary/aromatic N) is 5. The highest BCUT2D eigenvalue weighted by molar-refractivity contribution is 6.01. The van der Waals surface area contributed by atoms with Crippen molar-refractivity contribution in [1.29, 1.82) is 0 Å². The Hall–Kier alpha value is -3.95. The third-order valence-electron chi connectivity index (χ3n) is 5.68. The average Bonchev–Trinajstić information content (AvgIpc) is 3.05. The summed E-state index contributed by atoms with van der Waals surface area (Å²) in [6, 6.07) is 6.98. The van der Waals surface area contributed by atoms with Crippen molar-refractivity contribution in [3.63, 3.8) is 0 Å². The first kappa shape index (κ1) is 25.7. The topological polar surface area (TPSA) is 139 Å². The number of allylic oxidation sites excluding steroid dienone is 2. The molecule has 1 aliphatic heterocycles. The molecule has 3 rings (SSSR count). The van der Waals surface area contributed by atoms with Crippen LogP contribution in [0.5, 0.6) is 5.75 Å². The Bertz CT molecular complexity index is 1100. The number of rotatable bonds is 9. The van der Waals surface area contributed by atoms with Gasteiger partial charge in [0.1, 0.15) is 5.75 Å². The molecule has 1 unspecified atom stereocenters. The fourth-order valence-electron chi connectivity index (χ4n) is 4.09. The zero-order valence-electron chi connectivity index (χ0n) is 20.0. The Balaban J connectivity index is 1.86. The molecule has 35 heavy (non-hydrogen) atoms. The second-order valence-corrected chi connectivity index (χ2v) is 8.28. The number of nitrogens with two attached hydrogens (primary N) is 1. The molecule has 10 nitrogen and oxygen atoms in total. The van der Waals surface area contributed by atoms with Gasteiger partial charge in [0.15, 0.2) is 12.4 Å². The molecule has 1 heterocycles. The van der Waals surface area contributed by atoms with Crippen LogP contribution < -0.4 is 10.6 Å². The fourth-order valence-corrected chi connectivity index (χ4v) is 4.09. The smallest absolute Gasteiger partial charge is 0.323 e. The molecule has 0 saturated carbocycles. The standard InChI is InChI=1S/C25H30N6O4/c1-3-11-31(12-4-2)25(33)20-13-19-6-5-18(14-22(19)27-23(15-20)28-30-26)17-7-9-21(10-8-17)35-16-24(32)29-34/h5-10,13,22H,3-4,11-12,14-16H2,1-2H3,(H2,26,27,28). The molecular weight excluding hydrogens is 448 g/mol. The van der Waals surface area contributed by atoms with Crippen LogP contribution in [-0.2, 0) is 9.59 Å². The van der Waals surface area contributed by atoms with E-state index >= 15 is 0 Å². The van der Waals surface area contributed by atoms with Gasteiger partial charge in [0.25, 0.3) is 0 Å². The fraction of sp³-hybridized carbons (Fsp3) is 0.400. The van der Waals surface area contributed by atoms with Crippen LogP contribution in [0.1, 0.15) is 45.1 Å². The first-order chi connectivity index (χ1) is 17.0. The van der Waals surface area contributed by atoms with Crippen molar-refractivity contribution in [1.82, 2.24) is 4.90 Å². The van der Waals surface area contributed by atoms with E-state index in [1.807, 2.05) is 35.3 Å². The van der Waals surface area contributed by atoms with Gasteiger partial charge in [0.2, 0.25) is 5.91 Å². The third-order valence-corrected chi connectivity index (χ3v) is 5.68. The second kappa shape index (κ2) is 12.5. The largest absolute Gasteiger partial charge is 0.484 e. The van der Waals surface area contributed by atoms with Crippen molar-refractivity contribution in [3.05, 3.63) is 64.1 Å². The van der Waals surface area contributed by atoms with Crippen LogP contribution in [0.25, 0.3) is 5.57 Å². The zero-order valence-corrected chi connectivity index (χ0v) is 20.0. The van der Waals surface area contributed by atoms with Crippen molar-refractivity contribution in [3.8, 4) is 5.75 Å². The second-order valence-electron chi connectivity index (χ2n) is 8.28. The predicted octanol–water partition coefficient (Wildman–Crippen LogP) is 4.14. The van der Waals surface area contributed by atoms with Crippen molar-refractivity contribution in [2.24, 2.45) is 26.3 Å². The van der Waals surface area contributed by atoms with Gasteiger partial charge >= 0.3 is 5.91 Å². The molecule has 1 aliphatic carbocycles. The van der Waals surface area contributed by atoms with E-state index < -0.39 is 12.5 Å². The van der Waals surface area contributed by atoms with Crippen molar-refractivity contribution < 1.29 is 14.3 Å². The lowest BCUT2D eigenvalue weighted by atomic mass is 9.89. The van der Waals surface area contributed by atoms with Crippen LogP contribution in [0.15, 0.2) is 74.1 Å². The number of amides is 2. The Labute approximate surface area is 204 Å². The number of aliphatic imine (C=N–C) groups is 1. The summed E-state index contributed by atoms with van der Waals surface area (Å²) in [5, 5.41) is 9.72. The molecule has 2 N–H and O–H groups in total. The number of ether oxygens (including phenoxy) is 1.